The average Bonchev–Trinajstić information content (AvgIpc) is 2.54. The molecule has 2 N–H and O–H groups in total. The van der Waals surface area contributed by atoms with Crippen molar-refractivity contribution in [2.24, 2.45) is 5.73 Å². The van der Waals surface area contributed by atoms with Crippen LogP contribution in [0.2, 0.25) is 0 Å². The van der Waals surface area contributed by atoms with Gasteiger partial charge in [-0.25, -0.2) is 0 Å². The summed E-state index contributed by atoms with van der Waals surface area (Å²) in [4.78, 5) is 2.09. The molecule has 0 fully saturated rings. The van der Waals surface area contributed by atoms with Gasteiger partial charge in [0.1, 0.15) is 0 Å². The molecule has 3 aromatic carbocycles. The minimum atomic E-state index is -0.0918. The van der Waals surface area contributed by atoms with Crippen LogP contribution in [0.5, 0.6) is 0 Å². The molecular formula is C19H20N2. The van der Waals surface area contributed by atoms with E-state index < -0.39 is 0 Å². The fourth-order valence-corrected chi connectivity index (χ4v) is 2.57. The van der Waals surface area contributed by atoms with Crippen LogP contribution in [0.3, 0.4) is 0 Å². The third-order valence-corrected chi connectivity index (χ3v) is 3.90. The van der Waals surface area contributed by atoms with E-state index in [0.717, 1.165) is 11.1 Å². The Hall–Kier alpha value is -2.32. The lowest BCUT2D eigenvalue weighted by molar-refractivity contribution is 0.873. The highest BCUT2D eigenvalue weighted by atomic mass is 15.1. The molecule has 2 heteroatoms. The second kappa shape index (κ2) is 5.58. The topological polar surface area (TPSA) is 29.3 Å². The van der Waals surface area contributed by atoms with Crippen molar-refractivity contribution in [3.63, 3.8) is 0 Å². The number of hydrogen-bond donors (Lipinski definition) is 1. The quantitative estimate of drug-likeness (QED) is 0.784. The van der Waals surface area contributed by atoms with Crippen molar-refractivity contribution in [1.82, 2.24) is 0 Å². The molecule has 0 amide bonds. The van der Waals surface area contributed by atoms with E-state index in [1.807, 2.05) is 14.1 Å². The first-order valence-corrected chi connectivity index (χ1v) is 7.17. The number of nitrogens with two attached hydrogens (primary N) is 1. The molecule has 0 aliphatic carbocycles. The van der Waals surface area contributed by atoms with E-state index in [0.29, 0.717) is 0 Å². The summed E-state index contributed by atoms with van der Waals surface area (Å²) in [5, 5.41) is 2.48. The maximum atomic E-state index is 6.42. The largest absolute Gasteiger partial charge is 0.378 e. The van der Waals surface area contributed by atoms with Gasteiger partial charge in [-0.05, 0) is 40.1 Å². The Labute approximate surface area is 125 Å². The molecular weight excluding hydrogens is 256 g/mol. The lowest BCUT2D eigenvalue weighted by Gasteiger charge is -2.16. The standard InChI is InChI=1S/C19H20N2/c1-21(2)18-11-9-15(10-12-18)19(20)17-8-7-14-5-3-4-6-16(14)13-17/h3-13,19H,20H2,1-2H3. The molecule has 0 saturated heterocycles. The molecule has 0 bridgehead atoms. The molecule has 1 unspecified atom stereocenters. The van der Waals surface area contributed by atoms with Crippen molar-refractivity contribution in [1.29, 1.82) is 0 Å². The Morgan fingerprint density at radius 2 is 1.38 bits per heavy atom. The van der Waals surface area contributed by atoms with Crippen molar-refractivity contribution in [2.45, 2.75) is 6.04 Å². The average molecular weight is 276 g/mol. The van der Waals surface area contributed by atoms with E-state index in [2.05, 4.69) is 71.6 Å². The number of benzene rings is 3. The predicted molar refractivity (Wildman–Crippen MR) is 90.7 cm³/mol. The zero-order valence-electron chi connectivity index (χ0n) is 12.5. The zero-order valence-corrected chi connectivity index (χ0v) is 12.5. The summed E-state index contributed by atoms with van der Waals surface area (Å²) in [5.74, 6) is 0. The molecule has 0 saturated carbocycles. The molecule has 0 aliphatic heterocycles. The van der Waals surface area contributed by atoms with Crippen LogP contribution in [0, 0.1) is 0 Å². The van der Waals surface area contributed by atoms with E-state index in [1.54, 1.807) is 0 Å². The Balaban J connectivity index is 1.93. The SMILES string of the molecule is CN(C)c1ccc(C(N)c2ccc3ccccc3c2)cc1. The van der Waals surface area contributed by atoms with Crippen LogP contribution in [0.4, 0.5) is 5.69 Å². The molecule has 2 nitrogen and oxygen atoms in total. The zero-order chi connectivity index (χ0) is 14.8. The first-order valence-electron chi connectivity index (χ1n) is 7.17. The smallest absolute Gasteiger partial charge is 0.0551 e. The van der Waals surface area contributed by atoms with Crippen LogP contribution in [0.15, 0.2) is 66.7 Å². The van der Waals surface area contributed by atoms with Crippen molar-refractivity contribution < 1.29 is 0 Å². The van der Waals surface area contributed by atoms with Crippen LogP contribution < -0.4 is 10.6 Å². The summed E-state index contributed by atoms with van der Waals surface area (Å²) >= 11 is 0. The van der Waals surface area contributed by atoms with Gasteiger partial charge in [-0.15, -0.1) is 0 Å². The first kappa shape index (κ1) is 13.7. The van der Waals surface area contributed by atoms with Gasteiger partial charge in [-0.1, -0.05) is 48.5 Å². The summed E-state index contributed by atoms with van der Waals surface area (Å²) in [6.45, 7) is 0. The summed E-state index contributed by atoms with van der Waals surface area (Å²) in [5.41, 5.74) is 9.88. The van der Waals surface area contributed by atoms with Crippen LogP contribution in [0.1, 0.15) is 17.2 Å². The van der Waals surface area contributed by atoms with Gasteiger partial charge in [-0.2, -0.15) is 0 Å². The van der Waals surface area contributed by atoms with E-state index in [4.69, 9.17) is 5.73 Å². The maximum absolute atomic E-state index is 6.42. The number of nitrogens with zero attached hydrogens (tertiary/aromatic N) is 1. The minimum absolute atomic E-state index is 0.0918. The first-order chi connectivity index (χ1) is 10.1. The highest BCUT2D eigenvalue weighted by Crippen LogP contribution is 2.25. The van der Waals surface area contributed by atoms with Gasteiger partial charge in [0.2, 0.25) is 0 Å². The van der Waals surface area contributed by atoms with Crippen molar-refractivity contribution in [3.05, 3.63) is 77.9 Å². The van der Waals surface area contributed by atoms with Crippen LogP contribution >= 0.6 is 0 Å². The third-order valence-electron chi connectivity index (χ3n) is 3.90. The van der Waals surface area contributed by atoms with Gasteiger partial charge in [0, 0.05) is 19.8 Å². The van der Waals surface area contributed by atoms with Gasteiger partial charge in [0.15, 0.2) is 0 Å². The second-order valence-electron chi connectivity index (χ2n) is 5.57. The Bertz CT molecular complexity index is 745. The summed E-state index contributed by atoms with van der Waals surface area (Å²) in [7, 11) is 4.08. The summed E-state index contributed by atoms with van der Waals surface area (Å²) in [6, 6.07) is 23.1. The molecule has 0 radical (unpaired) electrons. The maximum Gasteiger partial charge on any atom is 0.0551 e. The Morgan fingerprint density at radius 3 is 2.05 bits per heavy atom. The van der Waals surface area contributed by atoms with Crippen LogP contribution in [0.25, 0.3) is 10.8 Å². The molecule has 0 spiro atoms. The molecule has 0 aliphatic rings. The molecule has 21 heavy (non-hydrogen) atoms. The van der Waals surface area contributed by atoms with E-state index in [9.17, 15) is 0 Å². The van der Waals surface area contributed by atoms with Gasteiger partial charge >= 0.3 is 0 Å². The van der Waals surface area contributed by atoms with E-state index in [-0.39, 0.29) is 6.04 Å². The second-order valence-corrected chi connectivity index (χ2v) is 5.57. The van der Waals surface area contributed by atoms with Gasteiger partial charge < -0.3 is 10.6 Å². The van der Waals surface area contributed by atoms with Crippen molar-refractivity contribution in [3.8, 4) is 0 Å². The summed E-state index contributed by atoms with van der Waals surface area (Å²) < 4.78 is 0. The lowest BCUT2D eigenvalue weighted by atomic mass is 9.97. The number of rotatable bonds is 3. The van der Waals surface area contributed by atoms with E-state index >= 15 is 0 Å². The molecule has 1 atom stereocenters. The van der Waals surface area contributed by atoms with Crippen LogP contribution in [-0.4, -0.2) is 14.1 Å². The van der Waals surface area contributed by atoms with E-state index in [1.165, 1.54) is 16.5 Å². The molecule has 3 aromatic rings. The minimum Gasteiger partial charge on any atom is -0.378 e. The van der Waals surface area contributed by atoms with Gasteiger partial charge in [0.25, 0.3) is 0 Å². The Kier molecular flexibility index (Phi) is 3.63. The highest BCUT2D eigenvalue weighted by molar-refractivity contribution is 5.83. The van der Waals surface area contributed by atoms with Gasteiger partial charge in [0.05, 0.1) is 6.04 Å². The predicted octanol–water partition coefficient (Wildman–Crippen LogP) is 3.95. The normalized spacial score (nSPS) is 12.3. The molecule has 0 heterocycles. The number of fused-ring (bicyclic) bond motifs is 1. The Morgan fingerprint density at radius 1 is 0.762 bits per heavy atom. The van der Waals surface area contributed by atoms with Crippen molar-refractivity contribution in [2.75, 3.05) is 19.0 Å². The third kappa shape index (κ3) is 2.76. The highest BCUT2D eigenvalue weighted by Gasteiger charge is 2.09. The monoisotopic (exact) mass is 276 g/mol. The molecule has 0 aromatic heterocycles. The van der Waals surface area contributed by atoms with Crippen molar-refractivity contribution >= 4 is 16.5 Å². The molecule has 106 valence electrons. The fraction of sp³-hybridized carbons (Fsp3) is 0.158. The fourth-order valence-electron chi connectivity index (χ4n) is 2.57. The lowest BCUT2D eigenvalue weighted by Crippen LogP contribution is -2.13. The molecule has 3 rings (SSSR count). The van der Waals surface area contributed by atoms with Gasteiger partial charge in [-0.3, -0.25) is 0 Å². The summed E-state index contributed by atoms with van der Waals surface area (Å²) in [6.07, 6.45) is 0. The number of hydrogen-bond acceptors (Lipinski definition) is 2. The number of anilines is 1. The van der Waals surface area contributed by atoms with Crippen LogP contribution in [-0.2, 0) is 0 Å².